The average Bonchev–Trinajstić information content (AvgIpc) is 2.17. The third-order valence-corrected chi connectivity index (χ3v) is 1.40. The van der Waals surface area contributed by atoms with Crippen molar-refractivity contribution in [3.05, 3.63) is 11.8 Å². The zero-order valence-corrected chi connectivity index (χ0v) is 5.63. The maximum absolute atomic E-state index is 8.85. The normalized spacial score (nSPS) is 25.6. The zero-order chi connectivity index (χ0) is 6.69. The van der Waals surface area contributed by atoms with Crippen molar-refractivity contribution in [3.63, 3.8) is 0 Å². The van der Waals surface area contributed by atoms with Crippen molar-refractivity contribution in [2.45, 2.75) is 32.5 Å². The fourth-order valence-corrected chi connectivity index (χ4v) is 0.977. The Morgan fingerprint density at radius 3 is 3.11 bits per heavy atom. The van der Waals surface area contributed by atoms with E-state index in [1.165, 1.54) is 5.57 Å². The van der Waals surface area contributed by atoms with Crippen LogP contribution in [0.5, 0.6) is 0 Å². The van der Waals surface area contributed by atoms with Crippen LogP contribution in [0.4, 0.5) is 0 Å². The molecule has 1 unspecified atom stereocenters. The zero-order valence-electron chi connectivity index (χ0n) is 5.63. The first-order valence-electron chi connectivity index (χ1n) is 3.34. The van der Waals surface area contributed by atoms with Gasteiger partial charge in [-0.25, -0.2) is 0 Å². The van der Waals surface area contributed by atoms with Gasteiger partial charge in [0.15, 0.2) is 6.29 Å². The average molecular weight is 128 g/mol. The van der Waals surface area contributed by atoms with Gasteiger partial charge in [-0.15, -0.1) is 0 Å². The van der Waals surface area contributed by atoms with Gasteiger partial charge in [-0.1, -0.05) is 13.3 Å². The first-order chi connectivity index (χ1) is 4.33. The van der Waals surface area contributed by atoms with Gasteiger partial charge in [0.1, 0.15) is 0 Å². The quantitative estimate of drug-likeness (QED) is 0.609. The van der Waals surface area contributed by atoms with E-state index >= 15 is 0 Å². The van der Waals surface area contributed by atoms with Crippen molar-refractivity contribution in [2.75, 3.05) is 0 Å². The number of aliphatic hydroxyl groups excluding tert-OH is 1. The molecular weight excluding hydrogens is 116 g/mol. The molecule has 0 fully saturated rings. The SMILES string of the molecule is CCCC1=COC(O)C1. The summed E-state index contributed by atoms with van der Waals surface area (Å²) in [4.78, 5) is 0. The van der Waals surface area contributed by atoms with Gasteiger partial charge in [0.25, 0.3) is 0 Å². The molecule has 0 amide bonds. The molecule has 9 heavy (non-hydrogen) atoms. The molecule has 1 atom stereocenters. The highest BCUT2D eigenvalue weighted by atomic mass is 16.6. The fourth-order valence-electron chi connectivity index (χ4n) is 0.977. The Kier molecular flexibility index (Phi) is 2.11. The summed E-state index contributed by atoms with van der Waals surface area (Å²) in [7, 11) is 0. The molecule has 0 saturated carbocycles. The molecular formula is C7H12O2. The first-order valence-corrected chi connectivity index (χ1v) is 3.34. The van der Waals surface area contributed by atoms with E-state index in [0.717, 1.165) is 12.8 Å². The number of hydrogen-bond acceptors (Lipinski definition) is 2. The molecule has 0 bridgehead atoms. The lowest BCUT2D eigenvalue weighted by atomic mass is 10.1. The van der Waals surface area contributed by atoms with Crippen LogP contribution in [-0.2, 0) is 4.74 Å². The second-order valence-corrected chi connectivity index (χ2v) is 2.32. The van der Waals surface area contributed by atoms with Crippen LogP contribution < -0.4 is 0 Å². The molecule has 0 aromatic carbocycles. The highest BCUT2D eigenvalue weighted by molar-refractivity contribution is 5.02. The number of ether oxygens (including phenoxy) is 1. The Hall–Kier alpha value is -0.500. The molecule has 1 heterocycles. The monoisotopic (exact) mass is 128 g/mol. The Labute approximate surface area is 55.1 Å². The van der Waals surface area contributed by atoms with Gasteiger partial charge in [0, 0.05) is 6.42 Å². The predicted molar refractivity (Wildman–Crippen MR) is 34.7 cm³/mol. The van der Waals surface area contributed by atoms with Crippen LogP contribution in [0.2, 0.25) is 0 Å². The van der Waals surface area contributed by atoms with E-state index in [4.69, 9.17) is 9.84 Å². The molecule has 1 aliphatic heterocycles. The summed E-state index contributed by atoms with van der Waals surface area (Å²) in [5.41, 5.74) is 1.23. The molecule has 0 saturated heterocycles. The van der Waals surface area contributed by atoms with Crippen molar-refractivity contribution < 1.29 is 9.84 Å². The standard InChI is InChI=1S/C7H12O2/c1-2-3-6-4-7(8)9-5-6/h5,7-8H,2-4H2,1H3. The molecule has 0 aliphatic carbocycles. The maximum Gasteiger partial charge on any atom is 0.200 e. The first kappa shape index (κ1) is 6.62. The number of rotatable bonds is 2. The van der Waals surface area contributed by atoms with E-state index in [2.05, 4.69) is 6.92 Å². The lowest BCUT2D eigenvalue weighted by molar-refractivity contribution is -0.0328. The van der Waals surface area contributed by atoms with E-state index in [-0.39, 0.29) is 0 Å². The molecule has 0 aromatic rings. The second-order valence-electron chi connectivity index (χ2n) is 2.32. The van der Waals surface area contributed by atoms with Crippen molar-refractivity contribution in [1.29, 1.82) is 0 Å². The minimum Gasteiger partial charge on any atom is -0.472 e. The van der Waals surface area contributed by atoms with Crippen LogP contribution in [0.1, 0.15) is 26.2 Å². The Morgan fingerprint density at radius 2 is 2.67 bits per heavy atom. The van der Waals surface area contributed by atoms with E-state index in [1.54, 1.807) is 6.26 Å². The summed E-state index contributed by atoms with van der Waals surface area (Å²) in [6.07, 6.45) is 3.99. The van der Waals surface area contributed by atoms with Gasteiger partial charge in [0.05, 0.1) is 6.26 Å². The summed E-state index contributed by atoms with van der Waals surface area (Å²) in [6.45, 7) is 2.12. The third-order valence-electron chi connectivity index (χ3n) is 1.40. The van der Waals surface area contributed by atoms with Gasteiger partial charge in [-0.3, -0.25) is 0 Å². The Balaban J connectivity index is 2.27. The van der Waals surface area contributed by atoms with Crippen molar-refractivity contribution in [3.8, 4) is 0 Å². The maximum atomic E-state index is 8.85. The van der Waals surface area contributed by atoms with E-state index in [1.807, 2.05) is 0 Å². The van der Waals surface area contributed by atoms with Crippen LogP contribution in [-0.4, -0.2) is 11.4 Å². The molecule has 0 aromatic heterocycles. The minimum atomic E-state index is -0.563. The molecule has 1 rings (SSSR count). The van der Waals surface area contributed by atoms with Gasteiger partial charge in [0.2, 0.25) is 0 Å². The Bertz CT molecular complexity index is 118. The second kappa shape index (κ2) is 2.87. The van der Waals surface area contributed by atoms with Gasteiger partial charge in [-0.2, -0.15) is 0 Å². The molecule has 0 radical (unpaired) electrons. The van der Waals surface area contributed by atoms with Crippen LogP contribution in [0.25, 0.3) is 0 Å². The molecule has 2 heteroatoms. The largest absolute Gasteiger partial charge is 0.472 e. The smallest absolute Gasteiger partial charge is 0.200 e. The summed E-state index contributed by atoms with van der Waals surface area (Å²) in [6, 6.07) is 0. The lowest BCUT2D eigenvalue weighted by Gasteiger charge is -1.98. The summed E-state index contributed by atoms with van der Waals surface area (Å²) < 4.78 is 4.81. The van der Waals surface area contributed by atoms with Crippen molar-refractivity contribution in [1.82, 2.24) is 0 Å². The van der Waals surface area contributed by atoms with Crippen LogP contribution in [0.15, 0.2) is 11.8 Å². The van der Waals surface area contributed by atoms with E-state index in [0.29, 0.717) is 6.42 Å². The topological polar surface area (TPSA) is 29.5 Å². The summed E-state index contributed by atoms with van der Waals surface area (Å²) >= 11 is 0. The van der Waals surface area contributed by atoms with Crippen molar-refractivity contribution in [2.24, 2.45) is 0 Å². The van der Waals surface area contributed by atoms with Crippen LogP contribution in [0.3, 0.4) is 0 Å². The summed E-state index contributed by atoms with van der Waals surface area (Å²) in [5, 5.41) is 8.85. The predicted octanol–water partition coefficient (Wildman–Crippen LogP) is 1.41. The highest BCUT2D eigenvalue weighted by Gasteiger charge is 2.13. The molecule has 1 aliphatic rings. The van der Waals surface area contributed by atoms with Crippen LogP contribution >= 0.6 is 0 Å². The number of hydrogen-bond donors (Lipinski definition) is 1. The van der Waals surface area contributed by atoms with E-state index in [9.17, 15) is 0 Å². The lowest BCUT2D eigenvalue weighted by Crippen LogP contribution is -2.01. The highest BCUT2D eigenvalue weighted by Crippen LogP contribution is 2.19. The molecule has 0 spiro atoms. The minimum absolute atomic E-state index is 0.563. The van der Waals surface area contributed by atoms with Gasteiger partial charge < -0.3 is 9.84 Å². The van der Waals surface area contributed by atoms with Crippen molar-refractivity contribution >= 4 is 0 Å². The number of aliphatic hydroxyl groups is 1. The van der Waals surface area contributed by atoms with Crippen LogP contribution in [0, 0.1) is 0 Å². The molecule has 1 N–H and O–H groups in total. The van der Waals surface area contributed by atoms with Gasteiger partial charge in [-0.05, 0) is 12.0 Å². The molecule has 2 nitrogen and oxygen atoms in total. The fraction of sp³-hybridized carbons (Fsp3) is 0.714. The van der Waals surface area contributed by atoms with E-state index < -0.39 is 6.29 Å². The molecule has 52 valence electrons. The Morgan fingerprint density at radius 1 is 1.89 bits per heavy atom. The summed E-state index contributed by atoms with van der Waals surface area (Å²) in [5.74, 6) is 0. The van der Waals surface area contributed by atoms with Gasteiger partial charge >= 0.3 is 0 Å². The third kappa shape index (κ3) is 1.72.